The lowest BCUT2D eigenvalue weighted by molar-refractivity contribution is -0.134. The number of benzene rings is 1. The fourth-order valence-corrected chi connectivity index (χ4v) is 4.00. The third kappa shape index (κ3) is 3.54. The maximum atomic E-state index is 13.6. The van der Waals surface area contributed by atoms with Gasteiger partial charge in [0, 0.05) is 13.0 Å². The Labute approximate surface area is 148 Å². The lowest BCUT2D eigenvalue weighted by Gasteiger charge is -2.38. The Bertz CT molecular complexity index is 658. The summed E-state index contributed by atoms with van der Waals surface area (Å²) in [6.07, 6.45) is 1.96. The zero-order valence-corrected chi connectivity index (χ0v) is 14.8. The third-order valence-electron chi connectivity index (χ3n) is 5.16. The highest BCUT2D eigenvalue weighted by Gasteiger charge is 2.55. The van der Waals surface area contributed by atoms with Gasteiger partial charge in [-0.15, -0.1) is 0 Å². The van der Waals surface area contributed by atoms with Crippen LogP contribution in [0.1, 0.15) is 32.3 Å². The van der Waals surface area contributed by atoms with Crippen molar-refractivity contribution in [3.05, 3.63) is 35.6 Å². The van der Waals surface area contributed by atoms with Gasteiger partial charge in [0.2, 0.25) is 0 Å². The minimum atomic E-state index is -0.970. The molecule has 0 bridgehead atoms. The number of nitrogens with one attached hydrogen (secondary N) is 2. The minimum Gasteiger partial charge on any atom is -0.322 e. The molecular formula is C19H26FN3O2. The van der Waals surface area contributed by atoms with Gasteiger partial charge in [-0.1, -0.05) is 26.0 Å². The average Bonchev–Trinajstić information content (AvgIpc) is 2.80. The number of urea groups is 1. The second-order valence-corrected chi connectivity index (χ2v) is 7.54. The molecule has 0 aromatic heterocycles. The molecule has 2 aliphatic heterocycles. The van der Waals surface area contributed by atoms with Crippen LogP contribution in [-0.2, 0) is 11.2 Å². The first-order valence-corrected chi connectivity index (χ1v) is 9.01. The molecule has 25 heavy (non-hydrogen) atoms. The van der Waals surface area contributed by atoms with Crippen LogP contribution in [0.25, 0.3) is 0 Å². The molecular weight excluding hydrogens is 321 g/mol. The van der Waals surface area contributed by atoms with E-state index in [9.17, 15) is 14.0 Å². The van der Waals surface area contributed by atoms with Crippen molar-refractivity contribution in [3.63, 3.8) is 0 Å². The van der Waals surface area contributed by atoms with Gasteiger partial charge in [-0.2, -0.15) is 0 Å². The third-order valence-corrected chi connectivity index (χ3v) is 5.16. The Morgan fingerprint density at radius 3 is 2.64 bits per heavy atom. The molecule has 0 spiro atoms. The standard InChI is InChI=1S/C19H26FN3O2/c1-13(2)12-23-17(24)19(22-18(23)25,15-6-8-21-9-7-15)11-14-4-3-5-16(20)10-14/h3-5,10,13,15,21H,6-9,11-12H2,1-2H3,(H,22,25). The number of hydrogen-bond acceptors (Lipinski definition) is 3. The minimum absolute atomic E-state index is 0.0469. The van der Waals surface area contributed by atoms with E-state index in [1.807, 2.05) is 19.9 Å². The predicted octanol–water partition coefficient (Wildman–Crippen LogP) is 2.31. The second-order valence-electron chi connectivity index (χ2n) is 7.54. The molecule has 0 radical (unpaired) electrons. The summed E-state index contributed by atoms with van der Waals surface area (Å²) in [5.74, 6) is -0.241. The number of imide groups is 1. The zero-order chi connectivity index (χ0) is 18.0. The number of carbonyl (C=O) groups is 2. The SMILES string of the molecule is CC(C)CN1C(=O)NC(Cc2cccc(F)c2)(C2CCNCC2)C1=O. The van der Waals surface area contributed by atoms with E-state index < -0.39 is 5.54 Å². The van der Waals surface area contributed by atoms with Crippen LogP contribution in [0.2, 0.25) is 0 Å². The highest BCUT2D eigenvalue weighted by molar-refractivity contribution is 6.07. The van der Waals surface area contributed by atoms with E-state index in [1.54, 1.807) is 6.07 Å². The molecule has 3 rings (SSSR count). The Morgan fingerprint density at radius 2 is 2.00 bits per heavy atom. The van der Waals surface area contributed by atoms with Crippen molar-refractivity contribution < 1.29 is 14.0 Å². The lowest BCUT2D eigenvalue weighted by Crippen LogP contribution is -2.57. The Kier molecular flexibility index (Phi) is 5.08. The van der Waals surface area contributed by atoms with Crippen LogP contribution in [0.15, 0.2) is 24.3 Å². The summed E-state index contributed by atoms with van der Waals surface area (Å²) in [5, 5.41) is 6.30. The van der Waals surface area contributed by atoms with Gasteiger partial charge in [0.05, 0.1) is 0 Å². The maximum Gasteiger partial charge on any atom is 0.325 e. The Balaban J connectivity index is 1.95. The molecule has 2 N–H and O–H groups in total. The van der Waals surface area contributed by atoms with Gasteiger partial charge in [-0.3, -0.25) is 9.69 Å². The predicted molar refractivity (Wildman–Crippen MR) is 93.5 cm³/mol. The largest absolute Gasteiger partial charge is 0.325 e. The summed E-state index contributed by atoms with van der Waals surface area (Å²) in [7, 11) is 0. The van der Waals surface area contributed by atoms with Crippen molar-refractivity contribution in [3.8, 4) is 0 Å². The molecule has 3 amide bonds. The van der Waals surface area contributed by atoms with Gasteiger partial charge >= 0.3 is 6.03 Å². The Morgan fingerprint density at radius 1 is 1.28 bits per heavy atom. The molecule has 2 saturated heterocycles. The lowest BCUT2D eigenvalue weighted by atomic mass is 9.74. The summed E-state index contributed by atoms with van der Waals surface area (Å²) in [6.45, 7) is 6.02. The highest BCUT2D eigenvalue weighted by Crippen LogP contribution is 2.35. The van der Waals surface area contributed by atoms with Crippen LogP contribution in [-0.4, -0.2) is 42.0 Å². The van der Waals surface area contributed by atoms with Crippen LogP contribution in [0.5, 0.6) is 0 Å². The highest BCUT2D eigenvalue weighted by atomic mass is 19.1. The molecule has 0 aliphatic carbocycles. The van der Waals surface area contributed by atoms with Crippen LogP contribution in [0.4, 0.5) is 9.18 Å². The number of nitrogens with zero attached hydrogens (tertiary/aromatic N) is 1. The molecule has 0 saturated carbocycles. The van der Waals surface area contributed by atoms with E-state index in [1.165, 1.54) is 17.0 Å². The number of rotatable bonds is 5. The normalized spacial score (nSPS) is 24.9. The second kappa shape index (κ2) is 7.12. The van der Waals surface area contributed by atoms with Crippen molar-refractivity contribution >= 4 is 11.9 Å². The smallest absolute Gasteiger partial charge is 0.322 e. The summed E-state index contributed by atoms with van der Waals surface area (Å²) >= 11 is 0. The van der Waals surface area contributed by atoms with E-state index >= 15 is 0 Å². The molecule has 1 unspecified atom stereocenters. The van der Waals surface area contributed by atoms with Crippen LogP contribution in [0.3, 0.4) is 0 Å². The van der Waals surface area contributed by atoms with Crippen molar-refractivity contribution in [2.45, 2.75) is 38.6 Å². The first kappa shape index (κ1) is 17.9. The molecule has 1 aromatic carbocycles. The molecule has 1 atom stereocenters. The summed E-state index contributed by atoms with van der Waals surface area (Å²) in [6, 6.07) is 5.98. The van der Waals surface area contributed by atoms with E-state index in [4.69, 9.17) is 0 Å². The first-order chi connectivity index (χ1) is 11.9. The molecule has 2 aliphatic rings. The van der Waals surface area contributed by atoms with E-state index in [0.29, 0.717) is 13.0 Å². The van der Waals surface area contributed by atoms with Crippen molar-refractivity contribution in [2.24, 2.45) is 11.8 Å². The van der Waals surface area contributed by atoms with Crippen molar-refractivity contribution in [2.75, 3.05) is 19.6 Å². The van der Waals surface area contributed by atoms with Gasteiger partial charge in [0.1, 0.15) is 11.4 Å². The zero-order valence-electron chi connectivity index (χ0n) is 14.8. The van der Waals surface area contributed by atoms with E-state index in [-0.39, 0.29) is 29.6 Å². The number of halogens is 1. The first-order valence-electron chi connectivity index (χ1n) is 9.01. The van der Waals surface area contributed by atoms with E-state index in [2.05, 4.69) is 10.6 Å². The van der Waals surface area contributed by atoms with Crippen LogP contribution >= 0.6 is 0 Å². The van der Waals surface area contributed by atoms with Gasteiger partial charge in [-0.05, 0) is 55.5 Å². The summed E-state index contributed by atoms with van der Waals surface area (Å²) in [5.41, 5.74) is -0.236. The molecule has 2 fully saturated rings. The number of amides is 3. The topological polar surface area (TPSA) is 61.4 Å². The fraction of sp³-hybridized carbons (Fsp3) is 0.579. The van der Waals surface area contributed by atoms with Crippen LogP contribution in [0, 0.1) is 17.7 Å². The molecule has 136 valence electrons. The molecule has 5 nitrogen and oxygen atoms in total. The molecule has 2 heterocycles. The Hall–Kier alpha value is -1.95. The fourth-order valence-electron chi connectivity index (χ4n) is 4.00. The number of hydrogen-bond donors (Lipinski definition) is 2. The quantitative estimate of drug-likeness (QED) is 0.804. The maximum absolute atomic E-state index is 13.6. The summed E-state index contributed by atoms with van der Waals surface area (Å²) < 4.78 is 13.6. The average molecular weight is 347 g/mol. The van der Waals surface area contributed by atoms with Gasteiger partial charge < -0.3 is 10.6 Å². The monoisotopic (exact) mass is 347 g/mol. The number of piperidine rings is 1. The number of carbonyl (C=O) groups excluding carboxylic acids is 2. The van der Waals surface area contributed by atoms with Crippen molar-refractivity contribution in [1.82, 2.24) is 15.5 Å². The molecule has 6 heteroatoms. The van der Waals surface area contributed by atoms with Gasteiger partial charge in [0.25, 0.3) is 5.91 Å². The van der Waals surface area contributed by atoms with Gasteiger partial charge in [-0.25, -0.2) is 9.18 Å². The summed E-state index contributed by atoms with van der Waals surface area (Å²) in [4.78, 5) is 27.2. The van der Waals surface area contributed by atoms with Crippen molar-refractivity contribution in [1.29, 1.82) is 0 Å². The van der Waals surface area contributed by atoms with Gasteiger partial charge in [0.15, 0.2) is 0 Å². The van der Waals surface area contributed by atoms with E-state index in [0.717, 1.165) is 31.5 Å². The molecule has 1 aromatic rings. The van der Waals surface area contributed by atoms with Crippen LogP contribution < -0.4 is 10.6 Å².